The summed E-state index contributed by atoms with van der Waals surface area (Å²) in [6, 6.07) is 7.76. The molecule has 0 amide bonds. The molecule has 1 heterocycles. The van der Waals surface area contributed by atoms with Crippen LogP contribution in [0.15, 0.2) is 36.5 Å². The third kappa shape index (κ3) is 4.60. The number of rotatable bonds is 7. The summed E-state index contributed by atoms with van der Waals surface area (Å²) in [4.78, 5) is 0. The minimum atomic E-state index is -2.96. The zero-order valence-electron chi connectivity index (χ0n) is 12.3. The average Bonchev–Trinajstić information content (AvgIpc) is 2.86. The van der Waals surface area contributed by atoms with Crippen LogP contribution in [0.2, 0.25) is 0 Å². The zero-order valence-corrected chi connectivity index (χ0v) is 12.3. The van der Waals surface area contributed by atoms with Crippen LogP contribution in [0.4, 0.5) is 8.78 Å². The number of alkyl halides is 2. The van der Waals surface area contributed by atoms with Crippen molar-refractivity contribution in [1.82, 2.24) is 20.3 Å². The number of nitrogens with zero attached hydrogens (tertiary/aromatic N) is 3. The lowest BCUT2D eigenvalue weighted by molar-refractivity contribution is -0.0258. The van der Waals surface area contributed by atoms with Crippen molar-refractivity contribution in [2.45, 2.75) is 32.9 Å². The minimum Gasteiger partial charge on any atom is -0.311 e. The van der Waals surface area contributed by atoms with Gasteiger partial charge in [-0.2, -0.15) is 8.78 Å². The van der Waals surface area contributed by atoms with Crippen LogP contribution in [-0.2, 0) is 19.0 Å². The first-order valence-electron chi connectivity index (χ1n) is 7.00. The molecule has 0 unspecified atom stereocenters. The molecule has 6 heteroatoms. The van der Waals surface area contributed by atoms with Gasteiger partial charge in [-0.3, -0.25) is 0 Å². The van der Waals surface area contributed by atoms with Gasteiger partial charge in [-0.1, -0.05) is 49.4 Å². The van der Waals surface area contributed by atoms with Gasteiger partial charge in [-0.25, -0.2) is 4.68 Å². The Balaban J connectivity index is 1.95. The van der Waals surface area contributed by atoms with E-state index in [9.17, 15) is 8.78 Å². The zero-order chi connectivity index (χ0) is 15.3. The summed E-state index contributed by atoms with van der Waals surface area (Å²) < 4.78 is 29.4. The van der Waals surface area contributed by atoms with Crippen molar-refractivity contribution < 1.29 is 8.78 Å². The molecule has 1 aromatic heterocycles. The molecule has 21 heavy (non-hydrogen) atoms. The van der Waals surface area contributed by atoms with Crippen LogP contribution in [0, 0.1) is 5.92 Å². The van der Waals surface area contributed by atoms with Crippen LogP contribution >= 0.6 is 0 Å². The summed E-state index contributed by atoms with van der Waals surface area (Å²) in [5, 5.41) is 10.9. The fourth-order valence-electron chi connectivity index (χ4n) is 1.96. The Morgan fingerprint density at radius 3 is 2.62 bits per heavy atom. The van der Waals surface area contributed by atoms with Crippen LogP contribution in [0.1, 0.15) is 25.1 Å². The number of halogens is 2. The first-order chi connectivity index (χ1) is 9.97. The maximum Gasteiger partial charge on any atom is 0.292 e. The molecule has 4 nitrogen and oxygen atoms in total. The summed E-state index contributed by atoms with van der Waals surface area (Å²) in [5.41, 5.74) is 0.652. The Kier molecular flexibility index (Phi) is 5.01. The molecule has 0 saturated carbocycles. The van der Waals surface area contributed by atoms with Gasteiger partial charge in [0.25, 0.3) is 5.92 Å². The van der Waals surface area contributed by atoms with Crippen molar-refractivity contribution in [2.75, 3.05) is 6.54 Å². The molecule has 114 valence electrons. The van der Waals surface area contributed by atoms with Gasteiger partial charge in [0.2, 0.25) is 0 Å². The van der Waals surface area contributed by atoms with Gasteiger partial charge in [0.1, 0.15) is 6.54 Å². The van der Waals surface area contributed by atoms with Gasteiger partial charge < -0.3 is 5.32 Å². The lowest BCUT2D eigenvalue weighted by Crippen LogP contribution is -2.22. The van der Waals surface area contributed by atoms with Crippen molar-refractivity contribution >= 4 is 0 Å². The van der Waals surface area contributed by atoms with Crippen molar-refractivity contribution in [3.63, 3.8) is 0 Å². The predicted octanol–water partition coefficient (Wildman–Crippen LogP) is 2.82. The molecule has 0 bridgehead atoms. The van der Waals surface area contributed by atoms with Crippen LogP contribution in [0.25, 0.3) is 0 Å². The monoisotopic (exact) mass is 294 g/mol. The van der Waals surface area contributed by atoms with E-state index in [0.717, 1.165) is 6.54 Å². The maximum atomic E-state index is 14.1. The molecular weight excluding hydrogens is 274 g/mol. The summed E-state index contributed by atoms with van der Waals surface area (Å²) in [6.45, 7) is 5.09. The second-order valence-electron chi connectivity index (χ2n) is 5.50. The van der Waals surface area contributed by atoms with E-state index in [1.165, 1.54) is 16.8 Å². The Morgan fingerprint density at radius 1 is 1.24 bits per heavy atom. The SMILES string of the molecule is CC(C)CNCc1cn(CC(F)(F)c2ccccc2)nn1. The maximum absolute atomic E-state index is 14.1. The minimum absolute atomic E-state index is 0.0139. The van der Waals surface area contributed by atoms with E-state index in [-0.39, 0.29) is 5.56 Å². The Bertz CT molecular complexity index is 552. The number of hydrogen-bond donors (Lipinski definition) is 1. The van der Waals surface area contributed by atoms with E-state index in [4.69, 9.17) is 0 Å². The van der Waals surface area contributed by atoms with Crippen LogP contribution in [-0.4, -0.2) is 21.5 Å². The highest BCUT2D eigenvalue weighted by atomic mass is 19.3. The molecule has 0 radical (unpaired) electrons. The largest absolute Gasteiger partial charge is 0.311 e. The van der Waals surface area contributed by atoms with E-state index >= 15 is 0 Å². The molecule has 0 aliphatic rings. The van der Waals surface area contributed by atoms with Crippen LogP contribution < -0.4 is 5.32 Å². The van der Waals surface area contributed by atoms with Gasteiger partial charge in [0.05, 0.1) is 11.9 Å². The van der Waals surface area contributed by atoms with Crippen LogP contribution in [0.5, 0.6) is 0 Å². The molecular formula is C15H20F2N4. The molecule has 0 saturated heterocycles. The van der Waals surface area contributed by atoms with Gasteiger partial charge >= 0.3 is 0 Å². The fourth-order valence-corrected chi connectivity index (χ4v) is 1.96. The van der Waals surface area contributed by atoms with Crippen LogP contribution in [0.3, 0.4) is 0 Å². The van der Waals surface area contributed by atoms with Crippen molar-refractivity contribution in [3.05, 3.63) is 47.8 Å². The second-order valence-corrected chi connectivity index (χ2v) is 5.50. The lowest BCUT2D eigenvalue weighted by Gasteiger charge is -2.16. The number of aromatic nitrogens is 3. The number of hydrogen-bond acceptors (Lipinski definition) is 3. The molecule has 0 atom stereocenters. The lowest BCUT2D eigenvalue weighted by atomic mass is 10.1. The summed E-state index contributed by atoms with van der Waals surface area (Å²) in [6.07, 6.45) is 1.56. The Labute approximate surface area is 123 Å². The third-order valence-corrected chi connectivity index (χ3v) is 3.00. The highest BCUT2D eigenvalue weighted by Gasteiger charge is 2.32. The average molecular weight is 294 g/mol. The second kappa shape index (κ2) is 6.76. The molecule has 0 fully saturated rings. The van der Waals surface area contributed by atoms with E-state index in [0.29, 0.717) is 18.2 Å². The molecule has 0 spiro atoms. The van der Waals surface area contributed by atoms with E-state index in [2.05, 4.69) is 29.5 Å². The highest BCUT2D eigenvalue weighted by Crippen LogP contribution is 2.29. The first kappa shape index (κ1) is 15.6. The third-order valence-electron chi connectivity index (χ3n) is 3.00. The van der Waals surface area contributed by atoms with Gasteiger partial charge in [0.15, 0.2) is 0 Å². The Hall–Kier alpha value is -1.82. The van der Waals surface area contributed by atoms with E-state index in [1.54, 1.807) is 24.4 Å². The first-order valence-corrected chi connectivity index (χ1v) is 7.00. The smallest absolute Gasteiger partial charge is 0.292 e. The topological polar surface area (TPSA) is 42.7 Å². The number of benzene rings is 1. The predicted molar refractivity (Wildman–Crippen MR) is 76.9 cm³/mol. The quantitative estimate of drug-likeness (QED) is 0.854. The molecule has 0 aliphatic heterocycles. The summed E-state index contributed by atoms with van der Waals surface area (Å²) >= 11 is 0. The molecule has 1 N–H and O–H groups in total. The summed E-state index contributed by atoms with van der Waals surface area (Å²) in [7, 11) is 0. The molecule has 0 aliphatic carbocycles. The normalized spacial score (nSPS) is 12.0. The number of nitrogens with one attached hydrogen (secondary N) is 1. The van der Waals surface area contributed by atoms with Gasteiger partial charge in [-0.15, -0.1) is 5.10 Å². The fraction of sp³-hybridized carbons (Fsp3) is 0.467. The van der Waals surface area contributed by atoms with E-state index in [1.807, 2.05) is 0 Å². The van der Waals surface area contributed by atoms with Crippen molar-refractivity contribution in [2.24, 2.45) is 5.92 Å². The molecule has 1 aromatic carbocycles. The Morgan fingerprint density at radius 2 is 1.95 bits per heavy atom. The van der Waals surface area contributed by atoms with Crippen molar-refractivity contribution in [1.29, 1.82) is 0 Å². The van der Waals surface area contributed by atoms with Crippen molar-refractivity contribution in [3.8, 4) is 0 Å². The summed E-state index contributed by atoms with van der Waals surface area (Å²) in [5.74, 6) is -2.43. The highest BCUT2D eigenvalue weighted by molar-refractivity contribution is 5.19. The van der Waals surface area contributed by atoms with Gasteiger partial charge in [0, 0.05) is 12.1 Å². The molecule has 2 aromatic rings. The van der Waals surface area contributed by atoms with E-state index < -0.39 is 12.5 Å². The standard InChI is InChI=1S/C15H20F2N4/c1-12(2)8-18-9-14-10-21(20-19-14)11-15(16,17)13-6-4-3-5-7-13/h3-7,10,12,18H,8-9,11H2,1-2H3. The molecule has 2 rings (SSSR count). The van der Waals surface area contributed by atoms with Gasteiger partial charge in [-0.05, 0) is 12.5 Å².